The molecule has 0 amide bonds. The maximum absolute atomic E-state index is 5.35. The van der Waals surface area contributed by atoms with Crippen molar-refractivity contribution in [2.24, 2.45) is 0 Å². The van der Waals surface area contributed by atoms with Crippen LogP contribution in [0, 0.1) is 12.1 Å². The van der Waals surface area contributed by atoms with Gasteiger partial charge in [-0.25, -0.2) is 4.98 Å². The van der Waals surface area contributed by atoms with Crippen LogP contribution in [0.5, 0.6) is 0 Å². The van der Waals surface area contributed by atoms with Crippen LogP contribution in [0.1, 0.15) is 0 Å². The van der Waals surface area contributed by atoms with Crippen molar-refractivity contribution < 1.29 is 0 Å². The van der Waals surface area contributed by atoms with Crippen LogP contribution in [0.15, 0.2) is 12.3 Å². The van der Waals surface area contributed by atoms with E-state index in [9.17, 15) is 0 Å². The zero-order valence-electron chi connectivity index (χ0n) is 3.48. The summed E-state index contributed by atoms with van der Waals surface area (Å²) in [4.78, 5) is 3.63. The van der Waals surface area contributed by atoms with Gasteiger partial charge in [-0.1, -0.05) is 11.6 Å². The Bertz CT molecular complexity index is 138. The Morgan fingerprint density at radius 1 is 1.71 bits per heavy atom. The maximum atomic E-state index is 5.35. The van der Waals surface area contributed by atoms with Crippen LogP contribution >= 0.6 is 11.6 Å². The van der Waals surface area contributed by atoms with Crippen molar-refractivity contribution >= 4 is 11.6 Å². The molecule has 0 atom stereocenters. The lowest BCUT2D eigenvalue weighted by Gasteiger charge is -1.77. The van der Waals surface area contributed by atoms with Crippen LogP contribution in [-0.4, -0.2) is 4.98 Å². The van der Waals surface area contributed by atoms with E-state index in [-0.39, 0.29) is 0 Å². The maximum Gasteiger partial charge on any atom is 0.136 e. The van der Waals surface area contributed by atoms with Gasteiger partial charge in [0.25, 0.3) is 0 Å². The highest BCUT2D eigenvalue weighted by molar-refractivity contribution is 6.29. The second-order valence-corrected chi connectivity index (χ2v) is 1.36. The average molecular weight is 112 g/mol. The Morgan fingerprint density at radius 3 is 2.86 bits per heavy atom. The largest absolute Gasteiger partial charge is 0.243 e. The first-order valence-corrected chi connectivity index (χ1v) is 2.16. The minimum atomic E-state index is 0.388. The van der Waals surface area contributed by atoms with E-state index >= 15 is 0 Å². The normalized spacial score (nSPS) is 8.71. The minimum absolute atomic E-state index is 0.388. The number of halogens is 1. The van der Waals surface area contributed by atoms with Crippen molar-refractivity contribution in [3.63, 3.8) is 0 Å². The zero-order chi connectivity index (χ0) is 5.11. The molecule has 0 N–H and O–H groups in total. The van der Waals surface area contributed by atoms with E-state index in [4.69, 9.17) is 11.6 Å². The van der Waals surface area contributed by atoms with E-state index in [1.165, 1.54) is 6.20 Å². The number of hydrogen-bond donors (Lipinski definition) is 0. The number of hydrogen-bond acceptors (Lipinski definition) is 1. The van der Waals surface area contributed by atoms with Gasteiger partial charge in [0.15, 0.2) is 0 Å². The summed E-state index contributed by atoms with van der Waals surface area (Å²) in [6, 6.07) is 6.90. The van der Waals surface area contributed by atoms with E-state index < -0.39 is 0 Å². The fourth-order valence-electron chi connectivity index (χ4n) is 0.270. The standard InChI is InChI=1S/C5H2ClN/c6-5-3-1-2-4-7-5/h1,4H. The van der Waals surface area contributed by atoms with Gasteiger partial charge in [0.05, 0.1) is 0 Å². The molecule has 1 nitrogen and oxygen atoms in total. The molecule has 0 aliphatic heterocycles. The van der Waals surface area contributed by atoms with E-state index in [0.29, 0.717) is 5.15 Å². The van der Waals surface area contributed by atoms with E-state index in [2.05, 4.69) is 17.1 Å². The summed E-state index contributed by atoms with van der Waals surface area (Å²) >= 11 is 5.35. The summed E-state index contributed by atoms with van der Waals surface area (Å²) in [6.45, 7) is 0. The Balaban J connectivity index is 3.02. The molecule has 2 radical (unpaired) electrons. The highest BCUT2D eigenvalue weighted by Gasteiger charge is 1.78. The molecule has 1 aromatic heterocycles. The summed E-state index contributed by atoms with van der Waals surface area (Å²) in [7, 11) is 0. The molecular formula is C5H2ClN. The lowest BCUT2D eigenvalue weighted by molar-refractivity contribution is 1.32. The second kappa shape index (κ2) is 1.94. The van der Waals surface area contributed by atoms with Crippen molar-refractivity contribution in [1.82, 2.24) is 4.98 Å². The smallest absolute Gasteiger partial charge is 0.136 e. The Labute approximate surface area is 47.0 Å². The van der Waals surface area contributed by atoms with Crippen molar-refractivity contribution in [2.45, 2.75) is 0 Å². The lowest BCUT2D eigenvalue weighted by Crippen LogP contribution is -1.67. The molecule has 1 aromatic rings. The van der Waals surface area contributed by atoms with Crippen molar-refractivity contribution in [3.05, 3.63) is 29.5 Å². The molecule has 1 heterocycles. The third kappa shape index (κ3) is 1.16. The fourth-order valence-corrected chi connectivity index (χ4v) is 0.373. The van der Waals surface area contributed by atoms with Crippen LogP contribution in [0.25, 0.3) is 0 Å². The summed E-state index contributed by atoms with van der Waals surface area (Å²) in [5.41, 5.74) is 0. The van der Waals surface area contributed by atoms with Gasteiger partial charge in [-0.05, 0) is 6.07 Å². The van der Waals surface area contributed by atoms with Gasteiger partial charge in [0.1, 0.15) is 5.15 Å². The third-order valence-electron chi connectivity index (χ3n) is 0.527. The van der Waals surface area contributed by atoms with Crippen LogP contribution < -0.4 is 0 Å². The van der Waals surface area contributed by atoms with Crippen LogP contribution in [-0.2, 0) is 0 Å². The average Bonchev–Trinajstić information content (AvgIpc) is 1.69. The van der Waals surface area contributed by atoms with Gasteiger partial charge < -0.3 is 0 Å². The monoisotopic (exact) mass is 111 g/mol. The SMILES string of the molecule is Clc1[c]c[c]cn1. The molecule has 0 spiro atoms. The summed E-state index contributed by atoms with van der Waals surface area (Å²) in [6.07, 6.45) is 1.50. The fraction of sp³-hybridized carbons (Fsp3) is 0. The topological polar surface area (TPSA) is 12.9 Å². The molecule has 0 unspecified atom stereocenters. The van der Waals surface area contributed by atoms with Gasteiger partial charge >= 0.3 is 0 Å². The van der Waals surface area contributed by atoms with Gasteiger partial charge in [0, 0.05) is 18.3 Å². The van der Waals surface area contributed by atoms with E-state index in [1.807, 2.05) is 0 Å². The van der Waals surface area contributed by atoms with Gasteiger partial charge in [-0.15, -0.1) is 0 Å². The Hall–Kier alpha value is -0.560. The zero-order valence-corrected chi connectivity index (χ0v) is 4.24. The summed E-state index contributed by atoms with van der Waals surface area (Å²) in [5, 5.41) is 0.388. The molecule has 0 aromatic carbocycles. The van der Waals surface area contributed by atoms with Crippen LogP contribution in [0.3, 0.4) is 0 Å². The predicted octanol–water partition coefficient (Wildman–Crippen LogP) is 1.34. The molecule has 0 saturated carbocycles. The first-order valence-electron chi connectivity index (χ1n) is 1.79. The molecular weight excluding hydrogens is 110 g/mol. The molecule has 1 rings (SSSR count). The van der Waals surface area contributed by atoms with E-state index in [1.54, 1.807) is 6.07 Å². The number of aromatic nitrogens is 1. The van der Waals surface area contributed by atoms with Crippen molar-refractivity contribution in [3.8, 4) is 0 Å². The minimum Gasteiger partial charge on any atom is -0.243 e. The second-order valence-electron chi connectivity index (χ2n) is 1.00. The van der Waals surface area contributed by atoms with Gasteiger partial charge in [0.2, 0.25) is 0 Å². The van der Waals surface area contributed by atoms with Crippen molar-refractivity contribution in [1.29, 1.82) is 0 Å². The van der Waals surface area contributed by atoms with E-state index in [0.717, 1.165) is 0 Å². The molecule has 0 bridgehead atoms. The lowest BCUT2D eigenvalue weighted by atomic mass is 10.5. The highest BCUT2D eigenvalue weighted by Crippen LogP contribution is 1.96. The first kappa shape index (κ1) is 4.60. The number of pyridine rings is 1. The quantitative estimate of drug-likeness (QED) is 0.461. The molecule has 0 saturated heterocycles. The van der Waals surface area contributed by atoms with Crippen LogP contribution in [0.4, 0.5) is 0 Å². The summed E-state index contributed by atoms with van der Waals surface area (Å²) < 4.78 is 0. The van der Waals surface area contributed by atoms with Gasteiger partial charge in [-0.2, -0.15) is 0 Å². The highest BCUT2D eigenvalue weighted by atomic mass is 35.5. The first-order chi connectivity index (χ1) is 3.39. The molecule has 7 heavy (non-hydrogen) atoms. The van der Waals surface area contributed by atoms with Gasteiger partial charge in [-0.3, -0.25) is 0 Å². The number of rotatable bonds is 0. The van der Waals surface area contributed by atoms with Crippen LogP contribution in [0.2, 0.25) is 5.15 Å². The Morgan fingerprint density at radius 2 is 2.57 bits per heavy atom. The molecule has 2 heteroatoms. The predicted molar refractivity (Wildman–Crippen MR) is 26.9 cm³/mol. The summed E-state index contributed by atoms with van der Waals surface area (Å²) in [5.74, 6) is 0. The van der Waals surface area contributed by atoms with Crippen molar-refractivity contribution in [2.75, 3.05) is 0 Å². The third-order valence-corrected chi connectivity index (χ3v) is 0.734. The molecule has 0 aliphatic carbocycles. The molecule has 34 valence electrons. The molecule has 0 fully saturated rings. The number of nitrogens with zero attached hydrogens (tertiary/aromatic N) is 1. The molecule has 0 aliphatic rings. The Kier molecular flexibility index (Phi) is 1.27.